The third-order valence-corrected chi connectivity index (χ3v) is 3.25. The number of hydrogen-bond acceptors (Lipinski definition) is 8. The summed E-state index contributed by atoms with van der Waals surface area (Å²) in [5.41, 5.74) is -1.50. The van der Waals surface area contributed by atoms with Gasteiger partial charge >= 0.3 is 28.0 Å². The molecule has 0 aromatic heterocycles. The molecule has 0 saturated carbocycles. The number of hydrogen-bond donors (Lipinski definition) is 5. The van der Waals surface area contributed by atoms with Gasteiger partial charge in [0.2, 0.25) is 5.82 Å². The summed E-state index contributed by atoms with van der Waals surface area (Å²) in [7, 11) is -4.67. The van der Waals surface area contributed by atoms with Gasteiger partial charge in [-0.15, -0.1) is 10.1 Å². The molecule has 2 rings (SSSR count). The molecule has 20 heteroatoms. The molecular weight excluding hydrogens is 545 g/mol. The molecule has 15 nitrogen and oxygen atoms in total. The topological polar surface area (TPSA) is 256 Å². The zero-order valence-electron chi connectivity index (χ0n) is 15.7. The Bertz CT molecular complexity index is 1130. The van der Waals surface area contributed by atoms with E-state index >= 15 is 0 Å². The lowest BCUT2D eigenvalue weighted by Crippen LogP contribution is -2.01. The zero-order valence-corrected chi connectivity index (χ0v) is 18.0. The van der Waals surface area contributed by atoms with Crippen LogP contribution < -0.4 is 0 Å². The van der Waals surface area contributed by atoms with Crippen LogP contribution in [0.1, 0.15) is 20.7 Å². The van der Waals surface area contributed by atoms with E-state index in [1.54, 1.807) is 0 Å². The van der Waals surface area contributed by atoms with E-state index in [1.807, 2.05) is 0 Å². The molecule has 34 heavy (non-hydrogen) atoms. The zero-order chi connectivity index (χ0) is 27.4. The van der Waals surface area contributed by atoms with Crippen molar-refractivity contribution in [3.05, 3.63) is 83.4 Å². The Balaban J connectivity index is 0. The largest absolute Gasteiger partial charge is 0.478 e. The van der Waals surface area contributed by atoms with Gasteiger partial charge in [-0.1, -0.05) is 23.2 Å². The Morgan fingerprint density at radius 3 is 1.59 bits per heavy atom. The molecule has 5 N–H and O–H groups in total. The van der Waals surface area contributed by atoms with Gasteiger partial charge in [0.15, 0.2) is 0 Å². The molecule has 0 bridgehead atoms. The third kappa shape index (κ3) is 15.2. The minimum absolute atomic E-state index is 0.0856. The number of rotatable bonds is 3. The monoisotopic (exact) mass is 554 g/mol. The number of carbonyl (C=O) groups is 2. The highest BCUT2D eigenvalue weighted by atomic mass is 35.5. The molecule has 0 fully saturated rings. The minimum Gasteiger partial charge on any atom is -0.478 e. The van der Waals surface area contributed by atoms with Gasteiger partial charge < -0.3 is 15.4 Å². The summed E-state index contributed by atoms with van der Waals surface area (Å²) in [4.78, 5) is 38.4. The van der Waals surface area contributed by atoms with Crippen LogP contribution in [0, 0.1) is 31.9 Å². The number of carboxylic acid groups (broad SMARTS) is 2. The van der Waals surface area contributed by atoms with Crippen LogP contribution >= 0.6 is 23.2 Å². The quantitative estimate of drug-likeness (QED) is 0.207. The number of benzene rings is 2. The van der Waals surface area contributed by atoms with Crippen molar-refractivity contribution < 1.29 is 61.3 Å². The van der Waals surface area contributed by atoms with Crippen molar-refractivity contribution in [2.45, 2.75) is 0 Å². The summed E-state index contributed by atoms with van der Waals surface area (Å²) in [6.07, 6.45) is 0. The molecule has 0 aliphatic rings. The van der Waals surface area contributed by atoms with E-state index in [4.69, 9.17) is 66.3 Å². The van der Waals surface area contributed by atoms with E-state index in [1.165, 1.54) is 0 Å². The second-order valence-corrected chi connectivity index (χ2v) is 6.67. The van der Waals surface area contributed by atoms with E-state index in [-0.39, 0.29) is 15.6 Å². The first-order valence-corrected chi connectivity index (χ1v) is 9.51. The maximum absolute atomic E-state index is 12.8. The molecule has 0 amide bonds. The van der Waals surface area contributed by atoms with E-state index < -0.39 is 55.2 Å². The fourth-order valence-corrected chi connectivity index (χ4v) is 1.98. The Morgan fingerprint density at radius 1 is 0.882 bits per heavy atom. The Labute approximate surface area is 196 Å². The molecule has 0 spiro atoms. The number of nitrogens with zero attached hydrogens (tertiary/aromatic N) is 2. The Hall–Kier alpha value is -3.71. The first kappa shape index (κ1) is 32.5. The maximum Gasteiger partial charge on any atom is 0.394 e. The van der Waals surface area contributed by atoms with Crippen molar-refractivity contribution in [2.75, 3.05) is 0 Å². The summed E-state index contributed by atoms with van der Waals surface area (Å²) < 4.78 is 56.7. The third-order valence-electron chi connectivity index (χ3n) is 2.63. The number of nitro benzene ring substituents is 1. The summed E-state index contributed by atoms with van der Waals surface area (Å²) in [5, 5.41) is 40.4. The molecule has 0 saturated heterocycles. The molecule has 0 aliphatic carbocycles. The van der Waals surface area contributed by atoms with Crippen molar-refractivity contribution >= 4 is 51.2 Å². The van der Waals surface area contributed by atoms with Crippen LogP contribution in [0.2, 0.25) is 10.0 Å². The van der Waals surface area contributed by atoms with Crippen molar-refractivity contribution in [2.24, 2.45) is 0 Å². The lowest BCUT2D eigenvalue weighted by Gasteiger charge is -1.99. The highest BCUT2D eigenvalue weighted by Crippen LogP contribution is 2.25. The summed E-state index contributed by atoms with van der Waals surface area (Å²) >= 11 is 10.8. The van der Waals surface area contributed by atoms with Crippen molar-refractivity contribution in [3.8, 4) is 0 Å². The van der Waals surface area contributed by atoms with Gasteiger partial charge in [0.25, 0.3) is 5.09 Å². The van der Waals surface area contributed by atoms with Crippen LogP contribution in [0.15, 0.2) is 30.3 Å². The average molecular weight is 555 g/mol. The summed E-state index contributed by atoms with van der Waals surface area (Å²) in [6.45, 7) is 0. The van der Waals surface area contributed by atoms with Crippen molar-refractivity contribution in [1.82, 2.24) is 0 Å². The fraction of sp³-hybridized carbons (Fsp3) is 0. The van der Waals surface area contributed by atoms with Crippen LogP contribution in [0.4, 0.5) is 14.5 Å². The summed E-state index contributed by atoms with van der Waals surface area (Å²) in [6, 6.07) is 4.32. The molecule has 0 heterocycles. The van der Waals surface area contributed by atoms with E-state index in [2.05, 4.69) is 0 Å². The first-order valence-electron chi connectivity index (χ1n) is 7.36. The molecule has 0 aliphatic heterocycles. The molecular formula is C14H10Cl2F2N2O13S. The van der Waals surface area contributed by atoms with Gasteiger partial charge in [-0.25, -0.2) is 14.0 Å². The van der Waals surface area contributed by atoms with Crippen LogP contribution in [0.5, 0.6) is 0 Å². The van der Waals surface area contributed by atoms with Crippen LogP contribution in [0.25, 0.3) is 0 Å². The minimum atomic E-state index is -4.67. The normalized spacial score (nSPS) is 9.59. The number of halogens is 4. The summed E-state index contributed by atoms with van der Waals surface area (Å²) in [5.74, 6) is -4.31. The number of nitro groups is 1. The highest BCUT2D eigenvalue weighted by molar-refractivity contribution is 7.79. The predicted molar refractivity (Wildman–Crippen MR) is 106 cm³/mol. The standard InChI is InChI=1S/C7H3ClFNO4.C7H4ClFO2.HNO3.H2O4S/c8-4-2-5(9)6(10(13)14)1-3(4)7(11)12;8-6-3-4(9)1-2-5(6)7(10)11;2-1(3)4;1-5(2,3)4/h1-2H,(H,11,12);1-3H,(H,10,11);(H,2,3,4);(H2,1,2,3,4). The first-order chi connectivity index (χ1) is 15.3. The SMILES string of the molecule is O=C(O)c1cc([N+](=O)[O-])c(F)cc1Cl.O=C(O)c1ccc(F)cc1Cl.O=S(=O)(O)O.O=[N+]([O-])O. The van der Waals surface area contributed by atoms with E-state index in [0.717, 1.165) is 18.2 Å². The molecule has 188 valence electrons. The molecule has 0 unspecified atom stereocenters. The number of carboxylic acids is 2. The van der Waals surface area contributed by atoms with E-state index in [0.29, 0.717) is 12.1 Å². The molecule has 2 aromatic carbocycles. The maximum atomic E-state index is 12.8. The van der Waals surface area contributed by atoms with Gasteiger partial charge in [0.1, 0.15) is 5.82 Å². The predicted octanol–water partition coefficient (Wildman–Crippen LogP) is 3.26. The second kappa shape index (κ2) is 14.4. The van der Waals surface area contributed by atoms with Gasteiger partial charge in [-0.05, 0) is 18.2 Å². The average Bonchev–Trinajstić information content (AvgIpc) is 2.59. The molecule has 0 radical (unpaired) electrons. The van der Waals surface area contributed by atoms with Gasteiger partial charge in [-0.3, -0.25) is 19.2 Å². The second-order valence-electron chi connectivity index (χ2n) is 4.96. The van der Waals surface area contributed by atoms with Crippen molar-refractivity contribution in [1.29, 1.82) is 0 Å². The molecule has 0 atom stereocenters. The lowest BCUT2D eigenvalue weighted by atomic mass is 10.2. The Morgan fingerprint density at radius 2 is 1.26 bits per heavy atom. The van der Waals surface area contributed by atoms with Gasteiger partial charge in [-0.2, -0.15) is 12.8 Å². The van der Waals surface area contributed by atoms with Gasteiger partial charge in [0.05, 0.1) is 26.1 Å². The van der Waals surface area contributed by atoms with Crippen LogP contribution in [-0.4, -0.2) is 54.9 Å². The van der Waals surface area contributed by atoms with Crippen molar-refractivity contribution in [3.63, 3.8) is 0 Å². The fourth-order valence-electron chi connectivity index (χ4n) is 1.50. The van der Waals surface area contributed by atoms with Crippen LogP contribution in [-0.2, 0) is 10.4 Å². The van der Waals surface area contributed by atoms with Crippen LogP contribution in [0.3, 0.4) is 0 Å². The van der Waals surface area contributed by atoms with Gasteiger partial charge in [0, 0.05) is 12.1 Å². The smallest absolute Gasteiger partial charge is 0.394 e. The van der Waals surface area contributed by atoms with E-state index in [9.17, 15) is 28.5 Å². The lowest BCUT2D eigenvalue weighted by molar-refractivity contribution is -0.742. The Kier molecular flexibility index (Phi) is 13.8. The number of aromatic carboxylic acids is 2. The highest BCUT2D eigenvalue weighted by Gasteiger charge is 2.20. The molecule has 2 aromatic rings.